The third kappa shape index (κ3) is 4.78. The summed E-state index contributed by atoms with van der Waals surface area (Å²) in [4.78, 5) is 0. The van der Waals surface area contributed by atoms with Gasteiger partial charge in [0.15, 0.2) is 0 Å². The maximum atomic E-state index is 8.48. The summed E-state index contributed by atoms with van der Waals surface area (Å²) < 4.78 is 0.198. The third-order valence-electron chi connectivity index (χ3n) is 10.4. The molecule has 0 bridgehead atoms. The average Bonchev–Trinajstić information content (AvgIpc) is 3.46. The molecule has 4 heteroatoms. The first-order valence-corrected chi connectivity index (χ1v) is 31.9. The second kappa shape index (κ2) is 10.8. The van der Waals surface area contributed by atoms with Gasteiger partial charge in [-0.25, -0.2) is 0 Å². The van der Waals surface area contributed by atoms with Gasteiger partial charge < -0.3 is 0 Å². The van der Waals surface area contributed by atoms with E-state index in [2.05, 4.69) is 152 Å². The van der Waals surface area contributed by atoms with Gasteiger partial charge in [-0.1, -0.05) is 0 Å². The van der Waals surface area contributed by atoms with Crippen molar-refractivity contribution in [1.82, 2.24) is 0 Å². The van der Waals surface area contributed by atoms with Crippen LogP contribution < -0.4 is 0 Å². The summed E-state index contributed by atoms with van der Waals surface area (Å²) in [6.07, 6.45) is 2.41. The molecule has 0 saturated carbocycles. The quantitative estimate of drug-likeness (QED) is 0.182. The number of allylic oxidation sites excluding steroid dienone is 3. The van der Waals surface area contributed by atoms with Crippen molar-refractivity contribution in [2.24, 2.45) is 0 Å². The number of benzene rings is 4. The van der Waals surface area contributed by atoms with Crippen molar-refractivity contribution in [2.75, 3.05) is 0 Å². The van der Waals surface area contributed by atoms with E-state index in [0.29, 0.717) is 0 Å². The summed E-state index contributed by atoms with van der Waals surface area (Å²) in [5, 5.41) is 0. The van der Waals surface area contributed by atoms with Crippen LogP contribution in [0, 0.1) is 0 Å². The van der Waals surface area contributed by atoms with Crippen LogP contribution in [-0.2, 0) is 21.0 Å². The van der Waals surface area contributed by atoms with Crippen LogP contribution in [0.3, 0.4) is 0 Å². The second-order valence-electron chi connectivity index (χ2n) is 14.2. The fourth-order valence-electron chi connectivity index (χ4n) is 7.96. The Hall–Kier alpha value is -1.96. The van der Waals surface area contributed by atoms with Gasteiger partial charge in [0.1, 0.15) is 0 Å². The van der Waals surface area contributed by atoms with Gasteiger partial charge in [-0.05, 0) is 0 Å². The van der Waals surface area contributed by atoms with Crippen LogP contribution in [-0.4, -0.2) is 5.92 Å². The van der Waals surface area contributed by atoms with Gasteiger partial charge in [0.05, 0.1) is 0 Å². The Kier molecular flexibility index (Phi) is 7.82. The normalized spacial score (nSPS) is 19.2. The van der Waals surface area contributed by atoms with Gasteiger partial charge in [-0.15, -0.1) is 0 Å². The summed E-state index contributed by atoms with van der Waals surface area (Å²) >= 11 is -4.72. The van der Waals surface area contributed by atoms with E-state index in [1.165, 1.54) is 66.8 Å². The van der Waals surface area contributed by atoms with Gasteiger partial charge in [0.2, 0.25) is 0 Å². The minimum absolute atomic E-state index is 0.0966. The molecule has 0 aromatic heterocycles. The molecule has 0 heterocycles. The predicted molar refractivity (Wildman–Crippen MR) is 190 cm³/mol. The SMILES string of the molecule is CC1=Cc2c(-c3ccc(C(C)(C)C)cc3)cccc2[CH]1[Zr]([Cl])([Cl])([CH]1C(C)=C(C)c2c(-c3ccccc3)cccc21)[SiH](C)C. The van der Waals surface area contributed by atoms with Crippen molar-refractivity contribution >= 4 is 34.6 Å². The number of rotatable bonds is 5. The molecule has 2 unspecified atom stereocenters. The Morgan fingerprint density at radius 1 is 0.651 bits per heavy atom. The molecule has 0 amide bonds. The van der Waals surface area contributed by atoms with Crippen LogP contribution >= 0.6 is 17.0 Å². The van der Waals surface area contributed by atoms with Gasteiger partial charge in [-0.2, -0.15) is 0 Å². The van der Waals surface area contributed by atoms with Crippen molar-refractivity contribution in [3.05, 3.63) is 130 Å². The molecule has 0 aliphatic heterocycles. The average molecular weight is 702 g/mol. The molecule has 4 aromatic carbocycles. The van der Waals surface area contributed by atoms with Crippen LogP contribution in [0.25, 0.3) is 33.9 Å². The topological polar surface area (TPSA) is 0 Å². The van der Waals surface area contributed by atoms with E-state index in [1.54, 1.807) is 0 Å². The van der Waals surface area contributed by atoms with Crippen molar-refractivity contribution in [3.8, 4) is 22.3 Å². The summed E-state index contributed by atoms with van der Waals surface area (Å²) in [6.45, 7) is 18.5. The molecule has 0 radical (unpaired) electrons. The van der Waals surface area contributed by atoms with Crippen molar-refractivity contribution < 1.29 is 15.6 Å². The van der Waals surface area contributed by atoms with E-state index in [4.69, 9.17) is 17.0 Å². The third-order valence-corrected chi connectivity index (χ3v) is 62.6. The van der Waals surface area contributed by atoms with Gasteiger partial charge in [0, 0.05) is 0 Å². The van der Waals surface area contributed by atoms with Gasteiger partial charge >= 0.3 is 270 Å². The van der Waals surface area contributed by atoms with E-state index < -0.39 is 21.5 Å². The molecule has 2 aliphatic carbocycles. The molecule has 0 N–H and O–H groups in total. The Morgan fingerprint density at radius 2 is 1.23 bits per heavy atom. The first-order chi connectivity index (χ1) is 20.2. The Morgan fingerprint density at radius 3 is 1.84 bits per heavy atom. The van der Waals surface area contributed by atoms with Gasteiger partial charge in [-0.3, -0.25) is 0 Å². The Bertz CT molecular complexity index is 1790. The predicted octanol–water partition coefficient (Wildman–Crippen LogP) is 12.3. The zero-order valence-electron chi connectivity index (χ0n) is 26.7. The fourth-order valence-corrected chi connectivity index (χ4v) is 40.9. The zero-order chi connectivity index (χ0) is 30.9. The number of halogens is 2. The minimum atomic E-state index is -4.72. The summed E-state index contributed by atoms with van der Waals surface area (Å²) in [5.74, 6) is -1.58. The van der Waals surface area contributed by atoms with Crippen LogP contribution in [0.2, 0.25) is 13.1 Å². The van der Waals surface area contributed by atoms with Crippen molar-refractivity contribution in [2.45, 2.75) is 67.3 Å². The number of fused-ring (bicyclic) bond motifs is 2. The van der Waals surface area contributed by atoms with Crippen LogP contribution in [0.5, 0.6) is 0 Å². The van der Waals surface area contributed by atoms with E-state index >= 15 is 0 Å². The van der Waals surface area contributed by atoms with Crippen LogP contribution in [0.4, 0.5) is 0 Å². The molecular formula is C39H43Cl2SiZr. The molecule has 0 fully saturated rings. The number of hydrogen-bond acceptors (Lipinski definition) is 0. The Labute approximate surface area is 267 Å². The monoisotopic (exact) mass is 699 g/mol. The Balaban J connectivity index is 1.53. The first-order valence-electron chi connectivity index (χ1n) is 15.6. The van der Waals surface area contributed by atoms with E-state index in [1.807, 2.05) is 0 Å². The maximum absolute atomic E-state index is 8.48. The molecule has 4 aromatic rings. The molecule has 0 nitrogen and oxygen atoms in total. The van der Waals surface area contributed by atoms with E-state index in [9.17, 15) is 0 Å². The second-order valence-corrected chi connectivity index (χ2v) is 56.7. The zero-order valence-corrected chi connectivity index (χ0v) is 31.9. The molecule has 2 atom stereocenters. The van der Waals surface area contributed by atoms with Gasteiger partial charge in [0.25, 0.3) is 0 Å². The summed E-state index contributed by atoms with van der Waals surface area (Å²) in [6, 6.07) is 33.5. The molecule has 221 valence electrons. The van der Waals surface area contributed by atoms with Crippen molar-refractivity contribution in [3.63, 3.8) is 0 Å². The van der Waals surface area contributed by atoms with Crippen molar-refractivity contribution in [1.29, 1.82) is 0 Å². The first kappa shape index (κ1) is 31.0. The number of hydrogen-bond donors (Lipinski definition) is 0. The molecule has 0 spiro atoms. The fraction of sp³-hybridized carbons (Fsp3) is 0.282. The molecule has 0 saturated heterocycles. The van der Waals surface area contributed by atoms with Crippen LogP contribution in [0.15, 0.2) is 102 Å². The van der Waals surface area contributed by atoms with Crippen LogP contribution in [0.1, 0.15) is 76.6 Å². The molecule has 2 aliphatic rings. The molecular weight excluding hydrogens is 659 g/mol. The molecule has 6 rings (SSSR count). The summed E-state index contributed by atoms with van der Waals surface area (Å²) in [5.41, 5.74) is 15.9. The standard InChI is InChI=1S/C20H21.C17H15.C2H7Si.2ClH.Zr/c1-14-12-16-6-5-7-18(19(16)13-14)15-8-10-17(11-9-15)20(2,3)4;1-12-11-15-9-6-10-16(17(15)13(12)2)14-7-4-3-5-8-14;1-3-2;;;/h5-13H,1-4H3;3-11H,1-2H3;3H,1-2H3;2*1H;/q;;;;;+2/p-2. The van der Waals surface area contributed by atoms with E-state index in [0.717, 1.165) is 0 Å². The summed E-state index contributed by atoms with van der Waals surface area (Å²) in [7, 11) is 17.0. The van der Waals surface area contributed by atoms with E-state index in [-0.39, 0.29) is 12.7 Å². The molecule has 43 heavy (non-hydrogen) atoms.